The second-order valence-electron chi connectivity index (χ2n) is 6.13. The van der Waals surface area contributed by atoms with Gasteiger partial charge in [-0.3, -0.25) is 0 Å². The van der Waals surface area contributed by atoms with E-state index in [0.717, 1.165) is 38.3 Å². The lowest BCUT2D eigenvalue weighted by Crippen LogP contribution is -2.72. The Hall–Kier alpha value is 0.909. The first kappa shape index (κ1) is 14.9. The van der Waals surface area contributed by atoms with E-state index >= 15 is 0 Å². The summed E-state index contributed by atoms with van der Waals surface area (Å²) in [5.74, 6) is 0. The van der Waals surface area contributed by atoms with Gasteiger partial charge in [0.1, 0.15) is 0 Å². The molecule has 0 aromatic rings. The smallest absolute Gasteiger partial charge is 0.00325 e. The quantitative estimate of drug-likeness (QED) is 0.357. The fraction of sp³-hybridized carbons (Fsp3) is 0. The predicted octanol–water partition coefficient (Wildman–Crippen LogP) is -9.61. The zero-order valence-corrected chi connectivity index (χ0v) is 11.5. The Morgan fingerprint density at radius 1 is 0.357 bits per heavy atom. The van der Waals surface area contributed by atoms with Gasteiger partial charge in [-0.1, -0.05) is 0 Å². The third-order valence-electron chi connectivity index (χ3n) is 3.52. The van der Waals surface area contributed by atoms with Crippen LogP contribution in [-0.4, -0.2) is 100 Å². The molecule has 0 unspecified atom stereocenters. The minimum Gasteiger partial charge on any atom is 0.00325 e. The Kier molecular flexibility index (Phi) is 6.90. The van der Waals surface area contributed by atoms with Crippen LogP contribution in [0.15, 0.2) is 0 Å². The molecular weight excluding hydrogens is 151 g/mol. The van der Waals surface area contributed by atoms with Crippen LogP contribution in [0.3, 0.4) is 0 Å². The van der Waals surface area contributed by atoms with Crippen LogP contribution in [-0.2, 0) is 0 Å². The van der Waals surface area contributed by atoms with Crippen LogP contribution < -0.4 is 0 Å². The molecule has 0 aliphatic carbocycles. The molecule has 0 fully saturated rings. The Morgan fingerprint density at radius 2 is 0.500 bits per heavy atom. The molecule has 0 heterocycles. The minimum absolute atomic E-state index is 0.810. The van der Waals surface area contributed by atoms with E-state index < -0.39 is 0 Å². The van der Waals surface area contributed by atoms with Crippen molar-refractivity contribution in [2.45, 2.75) is 0 Å². The number of rotatable bonds is 5. The Bertz CT molecular complexity index is 108. The topological polar surface area (TPSA) is 0 Å². The Balaban J connectivity index is 4.74. The first-order valence-electron chi connectivity index (χ1n) is 6.29. The van der Waals surface area contributed by atoms with Crippen molar-refractivity contribution in [2.24, 2.45) is 0 Å². The molecular formula is H16B14. The molecule has 0 rings (SSSR count). The monoisotopic (exact) mass is 170 g/mol. The van der Waals surface area contributed by atoms with Crippen LogP contribution in [0.25, 0.3) is 0 Å². The van der Waals surface area contributed by atoms with E-state index in [-0.39, 0.29) is 0 Å². The maximum Gasteiger partial charge on any atom is 0.0552 e. The van der Waals surface area contributed by atoms with Crippen molar-refractivity contribution >= 4 is 100 Å². The zero-order chi connectivity index (χ0) is 11.5. The van der Waals surface area contributed by atoms with E-state index in [1.54, 1.807) is 0 Å². The van der Waals surface area contributed by atoms with E-state index in [9.17, 15) is 0 Å². The highest BCUT2D eigenvalue weighted by Crippen LogP contribution is 1.97. The van der Waals surface area contributed by atoms with Gasteiger partial charge < -0.3 is 0 Å². The summed E-state index contributed by atoms with van der Waals surface area (Å²) in [6, 6.07) is 0. The molecule has 0 atom stereocenters. The van der Waals surface area contributed by atoms with Gasteiger partial charge in [0.15, 0.2) is 0 Å². The third-order valence-corrected chi connectivity index (χ3v) is 3.52. The van der Waals surface area contributed by atoms with Crippen LogP contribution in [0.1, 0.15) is 0 Å². The molecule has 0 radical (unpaired) electrons. The molecule has 0 N–H and O–H groups in total. The highest BCUT2D eigenvalue weighted by molar-refractivity contribution is 8.10. The first-order valence-corrected chi connectivity index (χ1v) is 6.29. The molecule has 14 heavy (non-hydrogen) atoms. The predicted molar refractivity (Wildman–Crippen MR) is 103 cm³/mol. The molecule has 0 saturated carbocycles. The van der Waals surface area contributed by atoms with Crippen molar-refractivity contribution in [1.29, 1.82) is 0 Å². The van der Waals surface area contributed by atoms with Crippen LogP contribution in [0.4, 0.5) is 0 Å². The minimum atomic E-state index is 0.810. The highest BCUT2D eigenvalue weighted by Gasteiger charge is 2.37. The SMILES string of the molecule is BB(B)B(B(B)B)B(B(B)B)B(B)B. The molecule has 0 aliphatic rings. The van der Waals surface area contributed by atoms with Gasteiger partial charge in [0, 0.05) is 38.3 Å². The average molecular weight is 167 g/mol. The molecule has 0 aliphatic heterocycles. The van der Waals surface area contributed by atoms with Gasteiger partial charge in [-0.25, -0.2) is 0 Å². The Morgan fingerprint density at radius 3 is 0.571 bits per heavy atom. The molecule has 0 amide bonds. The van der Waals surface area contributed by atoms with Crippen LogP contribution in [0.5, 0.6) is 0 Å². The largest absolute Gasteiger partial charge is 0.0552 e. The first-order chi connectivity index (χ1) is 6.29. The molecule has 0 nitrogen and oxygen atoms in total. The van der Waals surface area contributed by atoms with Crippen molar-refractivity contribution in [3.05, 3.63) is 0 Å². The molecule has 0 aromatic carbocycles. The van der Waals surface area contributed by atoms with E-state index in [0.29, 0.717) is 0 Å². The van der Waals surface area contributed by atoms with Crippen molar-refractivity contribution < 1.29 is 0 Å². The van der Waals surface area contributed by atoms with Crippen molar-refractivity contribution in [3.63, 3.8) is 0 Å². The lowest BCUT2D eigenvalue weighted by Gasteiger charge is -2.32. The van der Waals surface area contributed by atoms with Gasteiger partial charge in [-0.2, -0.15) is 0 Å². The fourth-order valence-electron chi connectivity index (χ4n) is 3.32. The molecule has 0 saturated heterocycles. The number of hydrogen-bond acceptors (Lipinski definition) is 0. The van der Waals surface area contributed by atoms with Gasteiger partial charge in [0.05, 0.1) is 61.9 Å². The number of hydrogen-bond donors (Lipinski definition) is 0. The third kappa shape index (κ3) is 4.19. The summed E-state index contributed by atoms with van der Waals surface area (Å²) in [4.78, 5) is 0. The lowest BCUT2D eigenvalue weighted by atomic mass is 8.47. The van der Waals surface area contributed by atoms with Gasteiger partial charge in [-0.05, 0) is 0 Å². The zero-order valence-electron chi connectivity index (χ0n) is 11.5. The van der Waals surface area contributed by atoms with Crippen LogP contribution in [0, 0.1) is 0 Å². The van der Waals surface area contributed by atoms with Gasteiger partial charge in [0.25, 0.3) is 0 Å². The molecule has 0 aromatic heterocycles. The summed E-state index contributed by atoms with van der Waals surface area (Å²) in [5, 5.41) is 0. The van der Waals surface area contributed by atoms with Gasteiger partial charge in [0.2, 0.25) is 0 Å². The summed E-state index contributed by atoms with van der Waals surface area (Å²) in [5.41, 5.74) is 0. The summed E-state index contributed by atoms with van der Waals surface area (Å²) >= 11 is 0. The second-order valence-corrected chi connectivity index (χ2v) is 6.13. The van der Waals surface area contributed by atoms with E-state index in [4.69, 9.17) is 0 Å². The Labute approximate surface area is 100 Å². The maximum atomic E-state index is 2.38. The van der Waals surface area contributed by atoms with Crippen LogP contribution in [0.2, 0.25) is 0 Å². The molecule has 0 spiro atoms. The van der Waals surface area contributed by atoms with E-state index in [1.165, 1.54) is 0 Å². The summed E-state index contributed by atoms with van der Waals surface area (Å²) in [6.07, 6.45) is 4.98. The maximum absolute atomic E-state index is 2.38. The molecule has 14 heteroatoms. The highest BCUT2D eigenvalue weighted by atomic mass is 13.2. The van der Waals surface area contributed by atoms with Gasteiger partial charge >= 0.3 is 0 Å². The van der Waals surface area contributed by atoms with Gasteiger partial charge in [-0.15, -0.1) is 0 Å². The standard InChI is InChI=1S/B14H16/c1-9(2)13(10(3)4)14(11(5)6)12(7)8/h1-8H2. The lowest BCUT2D eigenvalue weighted by molar-refractivity contribution is 3.41. The normalized spacial score (nSPS) is 8.86. The average Bonchev–Trinajstić information content (AvgIpc) is 1.96. The summed E-state index contributed by atoms with van der Waals surface area (Å²) in [7, 11) is 19.0. The summed E-state index contributed by atoms with van der Waals surface area (Å²) < 4.78 is 0. The molecule has 0 bridgehead atoms. The van der Waals surface area contributed by atoms with Crippen molar-refractivity contribution in [3.8, 4) is 0 Å². The van der Waals surface area contributed by atoms with E-state index in [2.05, 4.69) is 61.9 Å². The van der Waals surface area contributed by atoms with Crippen molar-refractivity contribution in [2.75, 3.05) is 0 Å². The fourth-order valence-corrected chi connectivity index (χ4v) is 3.32. The van der Waals surface area contributed by atoms with Crippen molar-refractivity contribution in [1.82, 2.24) is 0 Å². The van der Waals surface area contributed by atoms with E-state index in [1.807, 2.05) is 0 Å². The summed E-state index contributed by atoms with van der Waals surface area (Å²) in [6.45, 7) is 0. The van der Waals surface area contributed by atoms with Crippen LogP contribution >= 0.6 is 0 Å². The molecule has 58 valence electrons. The second kappa shape index (κ2) is 6.48.